The summed E-state index contributed by atoms with van der Waals surface area (Å²) >= 11 is 0. The van der Waals surface area contributed by atoms with Crippen molar-refractivity contribution in [2.45, 2.75) is 40.2 Å². The van der Waals surface area contributed by atoms with Gasteiger partial charge in [0.1, 0.15) is 0 Å². The van der Waals surface area contributed by atoms with Crippen molar-refractivity contribution in [3.63, 3.8) is 0 Å². The predicted molar refractivity (Wildman–Crippen MR) is 110 cm³/mol. The van der Waals surface area contributed by atoms with Crippen molar-refractivity contribution >= 4 is 17.0 Å². The summed E-state index contributed by atoms with van der Waals surface area (Å²) in [5.41, 5.74) is 2.73. The van der Waals surface area contributed by atoms with E-state index in [0.29, 0.717) is 42.5 Å². The molecule has 0 saturated carbocycles. The number of hydrogen-bond donors (Lipinski definition) is 0. The first-order valence-corrected chi connectivity index (χ1v) is 9.82. The summed E-state index contributed by atoms with van der Waals surface area (Å²) in [6.45, 7) is 9.52. The number of hydrogen-bond acceptors (Lipinski definition) is 6. The highest BCUT2D eigenvalue weighted by atomic mass is 16.5. The van der Waals surface area contributed by atoms with Gasteiger partial charge < -0.3 is 18.9 Å². The average molecular weight is 397 g/mol. The van der Waals surface area contributed by atoms with Crippen LogP contribution >= 0.6 is 0 Å². The van der Waals surface area contributed by atoms with Gasteiger partial charge in [0.05, 0.1) is 30.4 Å². The maximum absolute atomic E-state index is 13.1. The van der Waals surface area contributed by atoms with Crippen molar-refractivity contribution in [3.8, 4) is 11.5 Å². The second kappa shape index (κ2) is 8.94. The minimum absolute atomic E-state index is 0.0920. The number of carbonyl (C=O) groups is 1. The third-order valence-corrected chi connectivity index (χ3v) is 4.72. The second-order valence-electron chi connectivity index (χ2n) is 7.04. The van der Waals surface area contributed by atoms with Crippen LogP contribution in [0, 0.1) is 0 Å². The van der Waals surface area contributed by atoms with Gasteiger partial charge in [0.2, 0.25) is 0 Å². The fourth-order valence-electron chi connectivity index (χ4n) is 3.20. The molecule has 3 rings (SSSR count). The monoisotopic (exact) mass is 397 g/mol. The molecule has 7 nitrogen and oxygen atoms in total. The van der Waals surface area contributed by atoms with Crippen LogP contribution in [0.5, 0.6) is 11.5 Å². The van der Waals surface area contributed by atoms with Gasteiger partial charge in [0.15, 0.2) is 11.5 Å². The van der Waals surface area contributed by atoms with Gasteiger partial charge in [0.25, 0.3) is 11.6 Å². The SMILES string of the molecule is CCOc1ccc(CN(CC)C(=O)c2cnc3onc(C(C)C)c3c2)cc1OC. The lowest BCUT2D eigenvalue weighted by atomic mass is 10.1. The smallest absolute Gasteiger partial charge is 0.257 e. The lowest BCUT2D eigenvalue weighted by Crippen LogP contribution is -2.30. The number of amides is 1. The van der Waals surface area contributed by atoms with Gasteiger partial charge >= 0.3 is 0 Å². The Morgan fingerprint density at radius 1 is 1.21 bits per heavy atom. The molecule has 1 amide bonds. The van der Waals surface area contributed by atoms with E-state index in [2.05, 4.69) is 10.1 Å². The molecule has 0 radical (unpaired) electrons. The highest BCUT2D eigenvalue weighted by Crippen LogP contribution is 2.29. The Balaban J connectivity index is 1.85. The van der Waals surface area contributed by atoms with Crippen LogP contribution in [0.1, 0.15) is 55.2 Å². The molecular formula is C22H27N3O4. The number of aromatic nitrogens is 2. The Morgan fingerprint density at radius 3 is 2.66 bits per heavy atom. The van der Waals surface area contributed by atoms with Gasteiger partial charge in [-0.3, -0.25) is 4.79 Å². The molecule has 0 saturated heterocycles. The highest BCUT2D eigenvalue weighted by molar-refractivity contribution is 5.97. The lowest BCUT2D eigenvalue weighted by Gasteiger charge is -2.21. The van der Waals surface area contributed by atoms with Gasteiger partial charge in [-0.2, -0.15) is 0 Å². The topological polar surface area (TPSA) is 77.7 Å². The first-order valence-electron chi connectivity index (χ1n) is 9.82. The van der Waals surface area contributed by atoms with Crippen LogP contribution in [-0.2, 0) is 6.54 Å². The summed E-state index contributed by atoms with van der Waals surface area (Å²) in [7, 11) is 1.61. The molecule has 0 aliphatic rings. The van der Waals surface area contributed by atoms with E-state index < -0.39 is 0 Å². The van der Waals surface area contributed by atoms with Crippen molar-refractivity contribution in [3.05, 3.63) is 47.3 Å². The minimum atomic E-state index is -0.0920. The molecule has 0 N–H and O–H groups in total. The first-order chi connectivity index (χ1) is 14.0. The van der Waals surface area contributed by atoms with E-state index in [0.717, 1.165) is 16.6 Å². The quantitative estimate of drug-likeness (QED) is 0.560. The van der Waals surface area contributed by atoms with Crippen LogP contribution in [0.4, 0.5) is 0 Å². The van der Waals surface area contributed by atoms with Gasteiger partial charge in [0, 0.05) is 19.3 Å². The predicted octanol–water partition coefficient (Wildman–Crippen LogP) is 4.42. The Hall–Kier alpha value is -3.09. The summed E-state index contributed by atoms with van der Waals surface area (Å²) in [5, 5.41) is 4.86. The molecular weight excluding hydrogens is 370 g/mol. The molecule has 7 heteroatoms. The van der Waals surface area contributed by atoms with E-state index >= 15 is 0 Å². The van der Waals surface area contributed by atoms with Crippen molar-refractivity contribution in [1.29, 1.82) is 0 Å². The Kier molecular flexibility index (Phi) is 6.36. The minimum Gasteiger partial charge on any atom is -0.493 e. The van der Waals surface area contributed by atoms with E-state index in [1.54, 1.807) is 18.2 Å². The molecule has 3 aromatic rings. The fourth-order valence-corrected chi connectivity index (χ4v) is 3.20. The largest absolute Gasteiger partial charge is 0.493 e. The van der Waals surface area contributed by atoms with E-state index in [9.17, 15) is 4.79 Å². The van der Waals surface area contributed by atoms with Crippen LogP contribution in [0.3, 0.4) is 0 Å². The zero-order valence-corrected chi connectivity index (χ0v) is 17.6. The summed E-state index contributed by atoms with van der Waals surface area (Å²) < 4.78 is 16.3. The number of carbonyl (C=O) groups excluding carboxylic acids is 1. The molecule has 0 aliphatic heterocycles. The number of fused-ring (bicyclic) bond motifs is 1. The zero-order valence-electron chi connectivity index (χ0n) is 17.6. The van der Waals surface area contributed by atoms with Crippen LogP contribution in [0.25, 0.3) is 11.1 Å². The number of methoxy groups -OCH3 is 1. The number of pyridine rings is 1. The Bertz CT molecular complexity index is 997. The molecule has 0 fully saturated rings. The number of benzene rings is 1. The summed E-state index contributed by atoms with van der Waals surface area (Å²) in [6, 6.07) is 7.54. The number of nitrogens with zero attached hydrogens (tertiary/aromatic N) is 3. The number of rotatable bonds is 8. The third kappa shape index (κ3) is 4.34. The van der Waals surface area contributed by atoms with Crippen LogP contribution < -0.4 is 9.47 Å². The molecule has 0 aliphatic carbocycles. The molecule has 0 atom stereocenters. The zero-order chi connectivity index (χ0) is 21.0. The van der Waals surface area contributed by atoms with Crippen LogP contribution in [0.2, 0.25) is 0 Å². The fraction of sp³-hybridized carbons (Fsp3) is 0.409. The molecule has 154 valence electrons. The third-order valence-electron chi connectivity index (χ3n) is 4.72. The Labute approximate surface area is 170 Å². The van der Waals surface area contributed by atoms with Crippen molar-refractivity contribution in [2.24, 2.45) is 0 Å². The molecule has 1 aromatic carbocycles. The van der Waals surface area contributed by atoms with Crippen LogP contribution in [-0.4, -0.2) is 41.2 Å². The van der Waals surface area contributed by atoms with Crippen molar-refractivity contribution in [1.82, 2.24) is 15.0 Å². The Morgan fingerprint density at radius 2 is 2.00 bits per heavy atom. The highest BCUT2D eigenvalue weighted by Gasteiger charge is 2.20. The molecule has 2 aromatic heterocycles. The van der Waals surface area contributed by atoms with E-state index in [1.165, 1.54) is 0 Å². The summed E-state index contributed by atoms with van der Waals surface area (Å²) in [6.07, 6.45) is 1.54. The molecule has 2 heterocycles. The second-order valence-corrected chi connectivity index (χ2v) is 7.04. The maximum Gasteiger partial charge on any atom is 0.257 e. The standard InChI is InChI=1S/C22H27N3O4/c1-6-25(13-15-8-9-18(28-7-2)19(10-15)27-5)22(26)16-11-17-20(14(3)4)24-29-21(17)23-12-16/h8-12,14H,6-7,13H2,1-5H3. The van der Waals surface area contributed by atoms with Crippen LogP contribution in [0.15, 0.2) is 35.0 Å². The van der Waals surface area contributed by atoms with Crippen molar-refractivity contribution in [2.75, 3.05) is 20.3 Å². The van der Waals surface area contributed by atoms with E-state index in [1.807, 2.05) is 52.0 Å². The lowest BCUT2D eigenvalue weighted by molar-refractivity contribution is 0.0752. The normalized spacial score (nSPS) is 11.1. The van der Waals surface area contributed by atoms with E-state index in [4.69, 9.17) is 14.0 Å². The molecule has 0 spiro atoms. The molecule has 29 heavy (non-hydrogen) atoms. The molecule has 0 unspecified atom stereocenters. The van der Waals surface area contributed by atoms with Gasteiger partial charge in [-0.1, -0.05) is 25.1 Å². The summed E-state index contributed by atoms with van der Waals surface area (Å²) in [4.78, 5) is 19.2. The molecule has 0 bridgehead atoms. The van der Waals surface area contributed by atoms with Gasteiger partial charge in [-0.25, -0.2) is 4.98 Å². The van der Waals surface area contributed by atoms with Gasteiger partial charge in [-0.05, 0) is 43.5 Å². The van der Waals surface area contributed by atoms with E-state index in [-0.39, 0.29) is 11.8 Å². The summed E-state index contributed by atoms with van der Waals surface area (Å²) in [5.74, 6) is 1.44. The van der Waals surface area contributed by atoms with Crippen molar-refractivity contribution < 1.29 is 18.8 Å². The average Bonchev–Trinajstić information content (AvgIpc) is 3.16. The maximum atomic E-state index is 13.1. The number of ether oxygens (including phenoxy) is 2. The van der Waals surface area contributed by atoms with Gasteiger partial charge in [-0.15, -0.1) is 0 Å². The first kappa shape index (κ1) is 20.6.